The first-order chi connectivity index (χ1) is 12.9. The molecule has 27 heavy (non-hydrogen) atoms. The number of aromatic hydroxyl groups is 1. The van der Waals surface area contributed by atoms with Crippen molar-refractivity contribution < 1.29 is 29.3 Å². The Balaban J connectivity index is 0.000000817. The van der Waals surface area contributed by atoms with Gasteiger partial charge in [-0.05, 0) is 59.3 Å². The number of rotatable bonds is 5. The van der Waals surface area contributed by atoms with Crippen LogP contribution in [-0.4, -0.2) is 29.4 Å². The highest BCUT2D eigenvalue weighted by molar-refractivity contribution is 7.23. The number of hydrogen-bond acceptors (Lipinski definition) is 7. The molecule has 1 aromatic carbocycles. The van der Waals surface area contributed by atoms with Gasteiger partial charge in [0.25, 0.3) is 0 Å². The fourth-order valence-corrected chi connectivity index (χ4v) is 4.86. The molecule has 2 heterocycles. The molecule has 0 bridgehead atoms. The lowest BCUT2D eigenvalue weighted by Crippen LogP contribution is -1.99. The fraction of sp³-hybridized carbons (Fsp3) is 0.158. The van der Waals surface area contributed by atoms with E-state index in [0.29, 0.717) is 5.75 Å². The van der Waals surface area contributed by atoms with E-state index in [1.165, 1.54) is 7.11 Å². The Morgan fingerprint density at radius 2 is 1.89 bits per heavy atom. The minimum atomic E-state index is -0.827. The summed E-state index contributed by atoms with van der Waals surface area (Å²) < 4.78 is 5.17. The number of phenolic OH excluding ortho intramolecular Hbond substituents is 1. The van der Waals surface area contributed by atoms with Gasteiger partial charge >= 0.3 is 12.1 Å². The molecule has 3 aromatic rings. The lowest BCUT2D eigenvalue weighted by atomic mass is 10.1. The molecular formula is C19H16O6S2. The van der Waals surface area contributed by atoms with Crippen LogP contribution in [-0.2, 0) is 20.8 Å². The maximum atomic E-state index is 11.0. The van der Waals surface area contributed by atoms with Gasteiger partial charge in [0.1, 0.15) is 0 Å². The van der Waals surface area contributed by atoms with Crippen LogP contribution in [0.1, 0.15) is 11.1 Å². The van der Waals surface area contributed by atoms with Gasteiger partial charge in [-0.2, -0.15) is 9.59 Å². The summed E-state index contributed by atoms with van der Waals surface area (Å²) in [6.07, 6.45) is 0.276. The Bertz CT molecular complexity index is 980. The summed E-state index contributed by atoms with van der Waals surface area (Å²) in [6.45, 7) is 2.03. The van der Waals surface area contributed by atoms with Crippen LogP contribution in [0.4, 0.5) is 0 Å². The molecule has 0 saturated carbocycles. The third kappa shape index (κ3) is 4.83. The summed E-state index contributed by atoms with van der Waals surface area (Å²) in [5.74, 6) is -0.285. The Hall–Kier alpha value is -2.93. The number of aliphatic carboxylic acids is 1. The number of carboxylic acid groups (broad SMARTS) is 1. The smallest absolute Gasteiger partial charge is 0.373 e. The van der Waals surface area contributed by atoms with Crippen molar-refractivity contribution in [1.82, 2.24) is 0 Å². The molecule has 0 spiro atoms. The third-order valence-corrected chi connectivity index (χ3v) is 6.08. The van der Waals surface area contributed by atoms with Crippen molar-refractivity contribution in [2.45, 2.75) is 13.3 Å². The number of phenols is 1. The van der Waals surface area contributed by atoms with E-state index in [2.05, 4.69) is 6.07 Å². The van der Waals surface area contributed by atoms with Crippen LogP contribution < -0.4 is 4.74 Å². The summed E-state index contributed by atoms with van der Waals surface area (Å²) in [4.78, 5) is 30.4. The Labute approximate surface area is 163 Å². The van der Waals surface area contributed by atoms with Gasteiger partial charge in [0.2, 0.25) is 0 Å². The number of aryl methyl sites for hydroxylation is 1. The summed E-state index contributed by atoms with van der Waals surface area (Å²) >= 11 is 3.18. The van der Waals surface area contributed by atoms with Crippen LogP contribution >= 0.6 is 22.7 Å². The summed E-state index contributed by atoms with van der Waals surface area (Å²) in [6, 6.07) is 9.22. The zero-order valence-corrected chi connectivity index (χ0v) is 16.1. The van der Waals surface area contributed by atoms with Gasteiger partial charge < -0.3 is 14.9 Å². The molecule has 0 aliphatic rings. The van der Waals surface area contributed by atoms with Crippen LogP contribution in [0.15, 0.2) is 35.7 Å². The molecule has 0 radical (unpaired) electrons. The predicted molar refractivity (Wildman–Crippen MR) is 102 cm³/mol. The zero-order valence-electron chi connectivity index (χ0n) is 14.5. The number of thiophene rings is 2. The quantitative estimate of drug-likeness (QED) is 0.661. The number of methoxy groups -OCH3 is 1. The van der Waals surface area contributed by atoms with Gasteiger partial charge in [-0.25, -0.2) is 0 Å². The minimum Gasteiger partial charge on any atom is -0.504 e. The van der Waals surface area contributed by atoms with Crippen LogP contribution in [0, 0.1) is 6.92 Å². The maximum Gasteiger partial charge on any atom is 0.373 e. The highest BCUT2D eigenvalue weighted by Crippen LogP contribution is 2.43. The molecular weight excluding hydrogens is 388 g/mol. The monoisotopic (exact) mass is 404 g/mol. The Kier molecular flexibility index (Phi) is 6.90. The molecule has 0 amide bonds. The van der Waals surface area contributed by atoms with Crippen LogP contribution in [0.25, 0.3) is 20.2 Å². The average Bonchev–Trinajstić information content (AvgIpc) is 3.21. The topological polar surface area (TPSA) is 101 Å². The van der Waals surface area contributed by atoms with E-state index >= 15 is 0 Å². The first-order valence-electron chi connectivity index (χ1n) is 7.66. The van der Waals surface area contributed by atoms with Crippen LogP contribution in [0.5, 0.6) is 11.5 Å². The molecule has 2 N–H and O–H groups in total. The van der Waals surface area contributed by atoms with E-state index in [1.54, 1.807) is 34.8 Å². The normalized spacial score (nSPS) is 9.85. The molecule has 140 valence electrons. The van der Waals surface area contributed by atoms with Crippen molar-refractivity contribution in [3.05, 3.63) is 46.8 Å². The van der Waals surface area contributed by atoms with Gasteiger partial charge in [-0.15, -0.1) is 22.7 Å². The largest absolute Gasteiger partial charge is 0.504 e. The van der Waals surface area contributed by atoms with Gasteiger partial charge in [0.15, 0.2) is 11.5 Å². The van der Waals surface area contributed by atoms with Gasteiger partial charge in [0.05, 0.1) is 13.5 Å². The molecule has 0 aliphatic heterocycles. The highest BCUT2D eigenvalue weighted by Gasteiger charge is 2.16. The lowest BCUT2D eigenvalue weighted by molar-refractivity contribution is -0.191. The first-order valence-corrected chi connectivity index (χ1v) is 9.36. The molecule has 3 rings (SSSR count). The summed E-state index contributed by atoms with van der Waals surface area (Å²) in [7, 11) is 1.52. The maximum absolute atomic E-state index is 11.0. The molecule has 6 nitrogen and oxygen atoms in total. The van der Waals surface area contributed by atoms with Crippen molar-refractivity contribution in [2.24, 2.45) is 0 Å². The predicted octanol–water partition coefficient (Wildman–Crippen LogP) is 4.21. The number of ether oxygens (including phenoxy) is 1. The standard InChI is InChI=1S/C18H16O4S2.CO2/c1-10-7-15(11-3-4-13(19)14(8-11)22-2)24-17(10)18-12(5-6-23-18)9-16(20)21;2-1-3/h3-8,19H,9H2,1-2H3,(H,20,21);. The number of hydrogen-bond donors (Lipinski definition) is 2. The van der Waals surface area contributed by atoms with E-state index < -0.39 is 5.97 Å². The van der Waals surface area contributed by atoms with Gasteiger partial charge in [-0.3, -0.25) is 4.79 Å². The fourth-order valence-electron chi connectivity index (χ4n) is 2.52. The number of carbonyl (C=O) groups excluding carboxylic acids is 2. The molecule has 8 heteroatoms. The van der Waals surface area contributed by atoms with E-state index in [4.69, 9.17) is 19.4 Å². The Morgan fingerprint density at radius 1 is 1.19 bits per heavy atom. The van der Waals surface area contributed by atoms with Crippen LogP contribution in [0.3, 0.4) is 0 Å². The van der Waals surface area contributed by atoms with Gasteiger partial charge in [0, 0.05) is 14.6 Å². The second-order valence-electron chi connectivity index (χ2n) is 5.44. The van der Waals surface area contributed by atoms with Crippen molar-refractivity contribution >= 4 is 34.8 Å². The number of carbonyl (C=O) groups is 1. The average molecular weight is 404 g/mol. The molecule has 0 fully saturated rings. The van der Waals surface area contributed by atoms with E-state index in [1.807, 2.05) is 24.4 Å². The minimum absolute atomic E-state index is 0.0263. The molecule has 0 aliphatic carbocycles. The SMILES string of the molecule is COc1cc(-c2cc(C)c(-c3sccc3CC(=O)O)s2)ccc1O.O=C=O. The molecule has 0 unspecified atom stereocenters. The third-order valence-electron chi connectivity index (χ3n) is 3.68. The molecule has 2 aromatic heterocycles. The van der Waals surface area contributed by atoms with Crippen molar-refractivity contribution in [3.8, 4) is 31.7 Å². The Morgan fingerprint density at radius 3 is 2.52 bits per heavy atom. The van der Waals surface area contributed by atoms with E-state index in [0.717, 1.165) is 31.3 Å². The second kappa shape index (κ2) is 9.14. The van der Waals surface area contributed by atoms with Crippen molar-refractivity contribution in [3.63, 3.8) is 0 Å². The van der Waals surface area contributed by atoms with Crippen molar-refractivity contribution in [2.75, 3.05) is 7.11 Å². The molecule has 0 atom stereocenters. The van der Waals surface area contributed by atoms with Gasteiger partial charge in [-0.1, -0.05) is 0 Å². The number of benzene rings is 1. The van der Waals surface area contributed by atoms with E-state index in [-0.39, 0.29) is 18.3 Å². The first kappa shape index (κ1) is 20.4. The molecule has 0 saturated heterocycles. The van der Waals surface area contributed by atoms with Crippen LogP contribution in [0.2, 0.25) is 0 Å². The summed E-state index contributed by atoms with van der Waals surface area (Å²) in [5.41, 5.74) is 2.91. The second-order valence-corrected chi connectivity index (χ2v) is 7.41. The van der Waals surface area contributed by atoms with E-state index in [9.17, 15) is 9.90 Å². The zero-order chi connectivity index (χ0) is 20.0. The number of carboxylic acids is 1. The lowest BCUT2D eigenvalue weighted by Gasteiger charge is -2.05. The summed E-state index contributed by atoms with van der Waals surface area (Å²) in [5, 5.41) is 20.7. The highest BCUT2D eigenvalue weighted by atomic mass is 32.1. The van der Waals surface area contributed by atoms with Crippen molar-refractivity contribution in [1.29, 1.82) is 0 Å².